The number of aryl methyl sites for hydroxylation is 1. The van der Waals surface area contributed by atoms with Gasteiger partial charge in [-0.3, -0.25) is 0 Å². The third kappa shape index (κ3) is 3.35. The number of carbonyl (C=O) groups is 1. The molecule has 1 aliphatic rings. The molecule has 1 saturated heterocycles. The number of nitrogens with zero attached hydrogens (tertiary/aromatic N) is 5. The SMILES string of the molecule is Cc1nnnn1-c1cc(NC(=O)N2C[C@@H](C)O[C@H](C)C2)ccc1F. The zero-order valence-electron chi connectivity index (χ0n) is 13.7. The molecule has 128 valence electrons. The van der Waals surface area contributed by atoms with E-state index in [2.05, 4.69) is 20.8 Å². The third-order valence-electron chi connectivity index (χ3n) is 3.76. The van der Waals surface area contributed by atoms with Crippen LogP contribution in [0.4, 0.5) is 14.9 Å². The Morgan fingerprint density at radius 1 is 1.33 bits per heavy atom. The molecule has 3 rings (SSSR count). The number of morpholine rings is 1. The summed E-state index contributed by atoms with van der Waals surface area (Å²) in [6.07, 6.45) is -0.0423. The van der Waals surface area contributed by atoms with Crippen LogP contribution >= 0.6 is 0 Å². The molecule has 2 aromatic rings. The van der Waals surface area contributed by atoms with Crippen LogP contribution in [0.25, 0.3) is 5.69 Å². The van der Waals surface area contributed by atoms with E-state index in [4.69, 9.17) is 4.74 Å². The zero-order valence-corrected chi connectivity index (χ0v) is 13.7. The van der Waals surface area contributed by atoms with Gasteiger partial charge in [0.25, 0.3) is 0 Å². The van der Waals surface area contributed by atoms with Gasteiger partial charge in [0.05, 0.1) is 12.2 Å². The molecular formula is C15H19FN6O2. The minimum atomic E-state index is -0.475. The average Bonchev–Trinajstić information content (AvgIpc) is 2.94. The first-order valence-electron chi connectivity index (χ1n) is 7.70. The fourth-order valence-electron chi connectivity index (χ4n) is 2.75. The highest BCUT2D eigenvalue weighted by Crippen LogP contribution is 2.20. The van der Waals surface area contributed by atoms with Crippen molar-refractivity contribution in [2.75, 3.05) is 18.4 Å². The van der Waals surface area contributed by atoms with E-state index in [0.717, 1.165) is 0 Å². The Hall–Kier alpha value is -2.55. The lowest BCUT2D eigenvalue weighted by Gasteiger charge is -2.35. The number of amides is 2. The van der Waals surface area contributed by atoms with E-state index in [9.17, 15) is 9.18 Å². The lowest BCUT2D eigenvalue weighted by atomic mass is 10.2. The first-order chi connectivity index (χ1) is 11.4. The number of hydrogen-bond donors (Lipinski definition) is 1. The van der Waals surface area contributed by atoms with Gasteiger partial charge in [0.2, 0.25) is 0 Å². The zero-order chi connectivity index (χ0) is 17.3. The van der Waals surface area contributed by atoms with E-state index in [-0.39, 0.29) is 23.9 Å². The van der Waals surface area contributed by atoms with Gasteiger partial charge in [0, 0.05) is 18.8 Å². The van der Waals surface area contributed by atoms with Crippen LogP contribution in [0.15, 0.2) is 18.2 Å². The van der Waals surface area contributed by atoms with Crippen LogP contribution in [0.5, 0.6) is 0 Å². The topological polar surface area (TPSA) is 85.2 Å². The number of rotatable bonds is 2. The van der Waals surface area contributed by atoms with Gasteiger partial charge in [-0.2, -0.15) is 4.68 Å². The Balaban J connectivity index is 1.78. The molecule has 0 saturated carbocycles. The third-order valence-corrected chi connectivity index (χ3v) is 3.76. The smallest absolute Gasteiger partial charge is 0.322 e. The Kier molecular flexibility index (Phi) is 4.43. The summed E-state index contributed by atoms with van der Waals surface area (Å²) in [5.41, 5.74) is 0.650. The summed E-state index contributed by atoms with van der Waals surface area (Å²) in [4.78, 5) is 14.1. The number of tetrazole rings is 1. The van der Waals surface area contributed by atoms with Gasteiger partial charge in [0.1, 0.15) is 11.5 Å². The number of hydrogen-bond acceptors (Lipinski definition) is 5. The second-order valence-electron chi connectivity index (χ2n) is 5.90. The van der Waals surface area contributed by atoms with Gasteiger partial charge in [0.15, 0.2) is 5.82 Å². The molecule has 0 bridgehead atoms. The molecule has 8 nitrogen and oxygen atoms in total. The summed E-state index contributed by atoms with van der Waals surface area (Å²) < 4.78 is 21.0. The average molecular weight is 334 g/mol. The first kappa shape index (κ1) is 16.3. The van der Waals surface area contributed by atoms with Gasteiger partial charge in [-0.05, 0) is 49.4 Å². The van der Waals surface area contributed by atoms with Crippen LogP contribution < -0.4 is 5.32 Å². The van der Waals surface area contributed by atoms with E-state index < -0.39 is 5.82 Å². The van der Waals surface area contributed by atoms with Crippen molar-refractivity contribution in [2.45, 2.75) is 33.0 Å². The summed E-state index contributed by atoms with van der Waals surface area (Å²) in [5.74, 6) is -0.0229. The maximum absolute atomic E-state index is 14.1. The van der Waals surface area contributed by atoms with Gasteiger partial charge in [-0.25, -0.2) is 9.18 Å². The number of urea groups is 1. The Morgan fingerprint density at radius 2 is 2.04 bits per heavy atom. The van der Waals surface area contributed by atoms with E-state index >= 15 is 0 Å². The summed E-state index contributed by atoms with van der Waals surface area (Å²) in [6, 6.07) is 4.03. The van der Waals surface area contributed by atoms with E-state index in [1.165, 1.54) is 22.9 Å². The predicted molar refractivity (Wildman–Crippen MR) is 84.4 cm³/mol. The van der Waals surface area contributed by atoms with Gasteiger partial charge < -0.3 is 15.0 Å². The number of ether oxygens (including phenoxy) is 1. The van der Waals surface area contributed by atoms with Crippen molar-refractivity contribution in [2.24, 2.45) is 0 Å². The summed E-state index contributed by atoms with van der Waals surface area (Å²) in [5, 5.41) is 13.8. The van der Waals surface area contributed by atoms with Crippen molar-refractivity contribution in [1.82, 2.24) is 25.1 Å². The van der Waals surface area contributed by atoms with Crippen LogP contribution in [0, 0.1) is 12.7 Å². The normalized spacial score (nSPS) is 20.9. The second-order valence-corrected chi connectivity index (χ2v) is 5.90. The molecule has 0 radical (unpaired) electrons. The van der Waals surface area contributed by atoms with Crippen molar-refractivity contribution in [3.8, 4) is 5.69 Å². The molecule has 1 aliphatic heterocycles. The molecule has 24 heavy (non-hydrogen) atoms. The van der Waals surface area contributed by atoms with E-state index in [0.29, 0.717) is 24.6 Å². The maximum atomic E-state index is 14.1. The first-order valence-corrected chi connectivity index (χ1v) is 7.70. The summed E-state index contributed by atoms with van der Waals surface area (Å²) >= 11 is 0. The summed E-state index contributed by atoms with van der Waals surface area (Å²) in [7, 11) is 0. The van der Waals surface area contributed by atoms with Crippen LogP contribution in [0.1, 0.15) is 19.7 Å². The van der Waals surface area contributed by atoms with Gasteiger partial charge in [-0.1, -0.05) is 0 Å². The van der Waals surface area contributed by atoms with Crippen LogP contribution in [0.2, 0.25) is 0 Å². The Morgan fingerprint density at radius 3 is 2.67 bits per heavy atom. The highest BCUT2D eigenvalue weighted by atomic mass is 19.1. The van der Waals surface area contributed by atoms with Crippen LogP contribution in [-0.4, -0.2) is 56.4 Å². The lowest BCUT2D eigenvalue weighted by Crippen LogP contribution is -2.49. The lowest BCUT2D eigenvalue weighted by molar-refractivity contribution is -0.0530. The molecule has 2 atom stereocenters. The fourth-order valence-corrected chi connectivity index (χ4v) is 2.75. The number of carbonyl (C=O) groups excluding carboxylic acids is 1. The molecule has 1 aromatic heterocycles. The van der Waals surface area contributed by atoms with Gasteiger partial charge in [-0.15, -0.1) is 5.10 Å². The van der Waals surface area contributed by atoms with Crippen molar-refractivity contribution in [1.29, 1.82) is 0 Å². The minimum absolute atomic E-state index is 0.0212. The number of halogens is 1. The highest BCUT2D eigenvalue weighted by molar-refractivity contribution is 5.89. The largest absolute Gasteiger partial charge is 0.372 e. The predicted octanol–water partition coefficient (Wildman–Crippen LogP) is 1.75. The summed E-state index contributed by atoms with van der Waals surface area (Å²) in [6.45, 7) is 6.53. The fraction of sp³-hybridized carbons (Fsp3) is 0.467. The Bertz CT molecular complexity index is 739. The number of anilines is 1. The van der Waals surface area contributed by atoms with Crippen molar-refractivity contribution >= 4 is 11.7 Å². The molecule has 1 N–H and O–H groups in total. The monoisotopic (exact) mass is 334 g/mol. The van der Waals surface area contributed by atoms with E-state index in [1.807, 2.05) is 13.8 Å². The van der Waals surface area contributed by atoms with Crippen molar-refractivity contribution < 1.29 is 13.9 Å². The molecule has 2 amide bonds. The molecule has 2 heterocycles. The quantitative estimate of drug-likeness (QED) is 0.904. The molecule has 0 aliphatic carbocycles. The van der Waals surface area contributed by atoms with Crippen molar-refractivity contribution in [3.63, 3.8) is 0 Å². The number of benzene rings is 1. The van der Waals surface area contributed by atoms with Crippen molar-refractivity contribution in [3.05, 3.63) is 29.8 Å². The van der Waals surface area contributed by atoms with Crippen LogP contribution in [-0.2, 0) is 4.74 Å². The Labute approximate surface area is 138 Å². The second kappa shape index (κ2) is 6.52. The molecule has 1 aromatic carbocycles. The molecule has 1 fully saturated rings. The molecular weight excluding hydrogens is 315 g/mol. The molecule has 0 spiro atoms. The maximum Gasteiger partial charge on any atom is 0.322 e. The van der Waals surface area contributed by atoms with E-state index in [1.54, 1.807) is 11.8 Å². The standard InChI is InChI=1S/C15H19FN6O2/c1-9-7-21(8-10(2)24-9)15(23)17-12-4-5-13(16)14(6-12)22-11(3)18-19-20-22/h4-6,9-10H,7-8H2,1-3H3,(H,17,23)/t9-,10-/m1/s1. The highest BCUT2D eigenvalue weighted by Gasteiger charge is 2.26. The number of aromatic nitrogens is 4. The minimum Gasteiger partial charge on any atom is -0.372 e. The van der Waals surface area contributed by atoms with Crippen LogP contribution in [0.3, 0.4) is 0 Å². The van der Waals surface area contributed by atoms with Gasteiger partial charge >= 0.3 is 6.03 Å². The molecule has 0 unspecified atom stereocenters. The number of nitrogens with one attached hydrogen (secondary N) is 1. The molecule has 9 heteroatoms.